The van der Waals surface area contributed by atoms with Crippen LogP contribution in [0.1, 0.15) is 24.1 Å². The molecule has 1 saturated carbocycles. The Kier molecular flexibility index (Phi) is 3.91. The summed E-state index contributed by atoms with van der Waals surface area (Å²) in [4.78, 5) is 16.2. The van der Waals surface area contributed by atoms with Crippen LogP contribution < -0.4 is 5.56 Å². The van der Waals surface area contributed by atoms with Gasteiger partial charge in [0.25, 0.3) is 11.5 Å². The molecule has 1 fully saturated rings. The maximum Gasteiger partial charge on any atom is 0.253 e. The van der Waals surface area contributed by atoms with Gasteiger partial charge in [-0.3, -0.25) is 4.79 Å². The molecular formula is C19H19F2N3O2. The highest BCUT2D eigenvalue weighted by molar-refractivity contribution is 5.64. The second-order valence-electron chi connectivity index (χ2n) is 6.92. The molecule has 136 valence electrons. The zero-order chi connectivity index (χ0) is 18.5. The molecule has 0 aromatic carbocycles. The average Bonchev–Trinajstić information content (AvgIpc) is 2.97. The first kappa shape index (κ1) is 16.9. The Morgan fingerprint density at radius 3 is 2.73 bits per heavy atom. The third kappa shape index (κ3) is 3.03. The van der Waals surface area contributed by atoms with Crippen molar-refractivity contribution in [1.29, 1.82) is 0 Å². The molecule has 0 atom stereocenters. The first-order chi connectivity index (χ1) is 12.3. The van der Waals surface area contributed by atoms with Crippen LogP contribution in [0.5, 0.6) is 0 Å². The van der Waals surface area contributed by atoms with Crippen LogP contribution in [0.15, 0.2) is 41.6 Å². The van der Waals surface area contributed by atoms with Crippen molar-refractivity contribution < 1.29 is 13.5 Å². The lowest BCUT2D eigenvalue weighted by molar-refractivity contribution is -0.169. The van der Waals surface area contributed by atoms with Crippen molar-refractivity contribution >= 4 is 5.65 Å². The number of pyridine rings is 2. The van der Waals surface area contributed by atoms with Gasteiger partial charge in [0.2, 0.25) is 0 Å². The standard InChI is InChI=1S/C19H19F2N3O2/c1-12-5-14(9-23(2)18(12)25)13-3-4-17-22-8-15(24(17)10-13)11-26-16-6-19(20,21)7-16/h3-5,8-10,16H,6-7,11H2,1-2H3. The molecule has 7 heteroatoms. The van der Waals surface area contributed by atoms with Crippen LogP contribution in [0.25, 0.3) is 16.8 Å². The summed E-state index contributed by atoms with van der Waals surface area (Å²) < 4.78 is 34.9. The molecule has 0 unspecified atom stereocenters. The molecule has 0 amide bonds. The average molecular weight is 359 g/mol. The highest BCUT2D eigenvalue weighted by atomic mass is 19.3. The maximum absolute atomic E-state index is 12.9. The van der Waals surface area contributed by atoms with Gasteiger partial charge >= 0.3 is 0 Å². The number of alkyl halides is 2. The molecule has 3 heterocycles. The number of nitrogens with zero attached hydrogens (tertiary/aromatic N) is 3. The fourth-order valence-electron chi connectivity index (χ4n) is 3.27. The molecule has 5 nitrogen and oxygen atoms in total. The second kappa shape index (κ2) is 6.02. The fourth-order valence-corrected chi connectivity index (χ4v) is 3.27. The Labute approximate surface area is 148 Å². The van der Waals surface area contributed by atoms with Crippen LogP contribution in [-0.4, -0.2) is 26.0 Å². The van der Waals surface area contributed by atoms with E-state index >= 15 is 0 Å². The summed E-state index contributed by atoms with van der Waals surface area (Å²) in [5, 5.41) is 0. The molecule has 0 bridgehead atoms. The number of rotatable bonds is 4. The van der Waals surface area contributed by atoms with Crippen molar-refractivity contribution in [2.24, 2.45) is 7.05 Å². The molecule has 0 spiro atoms. The molecule has 1 aliphatic rings. The Balaban J connectivity index is 1.61. The van der Waals surface area contributed by atoms with Crippen LogP contribution in [-0.2, 0) is 18.4 Å². The lowest BCUT2D eigenvalue weighted by Crippen LogP contribution is -2.41. The van der Waals surface area contributed by atoms with E-state index < -0.39 is 12.0 Å². The summed E-state index contributed by atoms with van der Waals surface area (Å²) in [5.41, 5.74) is 4.07. The SMILES string of the molecule is Cc1cc(-c2ccc3ncc(COC4CC(F)(F)C4)n3c2)cn(C)c1=O. The van der Waals surface area contributed by atoms with Gasteiger partial charge < -0.3 is 13.7 Å². The van der Waals surface area contributed by atoms with E-state index in [1.807, 2.05) is 28.8 Å². The Bertz CT molecular complexity index is 1000. The van der Waals surface area contributed by atoms with E-state index in [0.717, 1.165) is 22.5 Å². The molecule has 3 aromatic rings. The van der Waals surface area contributed by atoms with Crippen molar-refractivity contribution in [3.05, 3.63) is 58.4 Å². The van der Waals surface area contributed by atoms with E-state index in [-0.39, 0.29) is 25.0 Å². The zero-order valence-electron chi connectivity index (χ0n) is 14.6. The Hall–Kier alpha value is -2.54. The van der Waals surface area contributed by atoms with Crippen LogP contribution in [0.3, 0.4) is 0 Å². The smallest absolute Gasteiger partial charge is 0.253 e. The number of ether oxygens (including phenoxy) is 1. The highest BCUT2D eigenvalue weighted by Crippen LogP contribution is 2.39. The minimum atomic E-state index is -2.58. The summed E-state index contributed by atoms with van der Waals surface area (Å²) in [6.45, 7) is 2.02. The van der Waals surface area contributed by atoms with E-state index in [0.29, 0.717) is 5.56 Å². The van der Waals surface area contributed by atoms with Crippen LogP contribution >= 0.6 is 0 Å². The minimum absolute atomic E-state index is 0.0242. The number of hydrogen-bond donors (Lipinski definition) is 0. The van der Waals surface area contributed by atoms with Crippen molar-refractivity contribution in [2.75, 3.05) is 0 Å². The molecule has 4 rings (SSSR count). The first-order valence-corrected chi connectivity index (χ1v) is 8.45. The van der Waals surface area contributed by atoms with Crippen molar-refractivity contribution in [1.82, 2.24) is 14.0 Å². The maximum atomic E-state index is 12.9. The third-order valence-corrected chi connectivity index (χ3v) is 4.80. The van der Waals surface area contributed by atoms with E-state index in [4.69, 9.17) is 4.74 Å². The van der Waals surface area contributed by atoms with Gasteiger partial charge in [0, 0.05) is 37.8 Å². The van der Waals surface area contributed by atoms with Gasteiger partial charge in [0.1, 0.15) is 5.65 Å². The predicted octanol–water partition coefficient (Wildman–Crippen LogP) is 3.32. The van der Waals surface area contributed by atoms with E-state index in [2.05, 4.69) is 4.98 Å². The molecule has 0 saturated heterocycles. The van der Waals surface area contributed by atoms with Crippen molar-refractivity contribution in [2.45, 2.75) is 38.4 Å². The second-order valence-corrected chi connectivity index (χ2v) is 6.92. The van der Waals surface area contributed by atoms with E-state index in [1.165, 1.54) is 0 Å². The number of hydrogen-bond acceptors (Lipinski definition) is 3. The highest BCUT2D eigenvalue weighted by Gasteiger charge is 2.46. The topological polar surface area (TPSA) is 48.5 Å². The van der Waals surface area contributed by atoms with Crippen molar-refractivity contribution in [3.8, 4) is 11.1 Å². The monoisotopic (exact) mass is 359 g/mol. The molecule has 0 aliphatic heterocycles. The lowest BCUT2D eigenvalue weighted by atomic mass is 9.91. The van der Waals surface area contributed by atoms with Crippen LogP contribution in [0.2, 0.25) is 0 Å². The Morgan fingerprint density at radius 1 is 1.27 bits per heavy atom. The molecule has 1 aliphatic carbocycles. The minimum Gasteiger partial charge on any atom is -0.371 e. The quantitative estimate of drug-likeness (QED) is 0.718. The summed E-state index contributed by atoms with van der Waals surface area (Å²) in [5.74, 6) is -2.58. The molecular weight excluding hydrogens is 340 g/mol. The number of aromatic nitrogens is 3. The number of halogens is 2. The number of fused-ring (bicyclic) bond motifs is 1. The van der Waals surface area contributed by atoms with Gasteiger partial charge in [-0.2, -0.15) is 0 Å². The third-order valence-electron chi connectivity index (χ3n) is 4.80. The van der Waals surface area contributed by atoms with Gasteiger partial charge in [-0.05, 0) is 36.2 Å². The number of aryl methyl sites for hydroxylation is 2. The van der Waals surface area contributed by atoms with Gasteiger partial charge in [-0.25, -0.2) is 13.8 Å². The van der Waals surface area contributed by atoms with E-state index in [1.54, 1.807) is 30.9 Å². The summed E-state index contributed by atoms with van der Waals surface area (Å²) in [6.07, 6.45) is 4.58. The van der Waals surface area contributed by atoms with Crippen molar-refractivity contribution in [3.63, 3.8) is 0 Å². The molecule has 0 N–H and O–H groups in total. The first-order valence-electron chi connectivity index (χ1n) is 8.45. The molecule has 0 radical (unpaired) electrons. The Morgan fingerprint density at radius 2 is 2.04 bits per heavy atom. The van der Waals surface area contributed by atoms with Gasteiger partial charge in [-0.15, -0.1) is 0 Å². The molecule has 3 aromatic heterocycles. The van der Waals surface area contributed by atoms with Crippen LogP contribution in [0, 0.1) is 6.92 Å². The normalized spacial score (nSPS) is 16.8. The largest absolute Gasteiger partial charge is 0.371 e. The summed E-state index contributed by atoms with van der Waals surface area (Å²) in [7, 11) is 1.72. The predicted molar refractivity (Wildman–Crippen MR) is 93.4 cm³/mol. The zero-order valence-corrected chi connectivity index (χ0v) is 14.6. The summed E-state index contributed by atoms with van der Waals surface area (Å²) in [6, 6.07) is 5.68. The fraction of sp³-hybridized carbons (Fsp3) is 0.368. The lowest BCUT2D eigenvalue weighted by Gasteiger charge is -2.34. The number of imidazole rings is 1. The summed E-state index contributed by atoms with van der Waals surface area (Å²) >= 11 is 0. The van der Waals surface area contributed by atoms with Gasteiger partial charge in [0.15, 0.2) is 0 Å². The van der Waals surface area contributed by atoms with E-state index in [9.17, 15) is 13.6 Å². The van der Waals surface area contributed by atoms with Gasteiger partial charge in [-0.1, -0.05) is 0 Å². The van der Waals surface area contributed by atoms with Gasteiger partial charge in [0.05, 0.1) is 24.6 Å². The molecule has 26 heavy (non-hydrogen) atoms. The van der Waals surface area contributed by atoms with Crippen LogP contribution in [0.4, 0.5) is 8.78 Å².